The van der Waals surface area contributed by atoms with Gasteiger partial charge in [0.2, 0.25) is 0 Å². The number of hydrogen-bond acceptors (Lipinski definition) is 4. The van der Waals surface area contributed by atoms with Crippen LogP contribution in [0.4, 0.5) is 5.69 Å². The van der Waals surface area contributed by atoms with Gasteiger partial charge in [-0.3, -0.25) is 0 Å². The van der Waals surface area contributed by atoms with Gasteiger partial charge >= 0.3 is 5.97 Å². The molecule has 0 aliphatic heterocycles. The first kappa shape index (κ1) is 13.1. The highest BCUT2D eigenvalue weighted by molar-refractivity contribution is 7.80. The molecule has 2 aromatic rings. The van der Waals surface area contributed by atoms with Crippen LogP contribution in [0, 0.1) is 0 Å². The van der Waals surface area contributed by atoms with Crippen molar-refractivity contribution in [2.45, 2.75) is 0 Å². The molecule has 1 aromatic carbocycles. The molecular weight excluding hydrogens is 292 g/mol. The topological polar surface area (TPSA) is 64.3 Å². The molecule has 2 rings (SSSR count). The molecule has 1 aromatic heterocycles. The number of nitrogens with one attached hydrogen (secondary N) is 1. The van der Waals surface area contributed by atoms with E-state index >= 15 is 0 Å². The second kappa shape index (κ2) is 5.09. The first-order chi connectivity index (χ1) is 8.52. The molecule has 0 saturated heterocycles. The number of esters is 1. The van der Waals surface area contributed by atoms with Crippen LogP contribution in [0.3, 0.4) is 0 Å². The van der Waals surface area contributed by atoms with Gasteiger partial charge in [0.25, 0.3) is 0 Å². The van der Waals surface area contributed by atoms with Crippen LogP contribution in [0.25, 0.3) is 10.1 Å². The molecule has 0 atom stereocenters. The number of ether oxygens (including phenoxy) is 1. The molecule has 0 aliphatic rings. The van der Waals surface area contributed by atoms with Gasteiger partial charge in [-0.15, -0.1) is 11.3 Å². The number of thiocarbonyl (C=S) groups is 1. The van der Waals surface area contributed by atoms with E-state index in [0.717, 1.165) is 15.8 Å². The monoisotopic (exact) mass is 300 g/mol. The average molecular weight is 301 g/mol. The van der Waals surface area contributed by atoms with Gasteiger partial charge in [0.05, 0.1) is 12.1 Å². The lowest BCUT2D eigenvalue weighted by Gasteiger charge is -2.02. The fourth-order valence-electron chi connectivity index (χ4n) is 1.51. The zero-order chi connectivity index (χ0) is 13.3. The number of carbonyl (C=O) groups excluding carboxylic acids is 1. The van der Waals surface area contributed by atoms with Crippen molar-refractivity contribution < 1.29 is 9.53 Å². The number of hydrogen-bond donors (Lipinski definition) is 2. The van der Waals surface area contributed by atoms with Crippen molar-refractivity contribution in [1.82, 2.24) is 0 Å². The lowest BCUT2D eigenvalue weighted by atomic mass is 10.2. The van der Waals surface area contributed by atoms with Crippen molar-refractivity contribution in [2.24, 2.45) is 5.73 Å². The van der Waals surface area contributed by atoms with Gasteiger partial charge < -0.3 is 15.8 Å². The molecule has 0 saturated carbocycles. The summed E-state index contributed by atoms with van der Waals surface area (Å²) in [5, 5.41) is 4.22. The quantitative estimate of drug-likeness (QED) is 0.659. The van der Waals surface area contributed by atoms with E-state index in [2.05, 4.69) is 10.1 Å². The minimum Gasteiger partial charge on any atom is -0.465 e. The summed E-state index contributed by atoms with van der Waals surface area (Å²) in [6.07, 6.45) is 0. The highest BCUT2D eigenvalue weighted by Crippen LogP contribution is 2.37. The highest BCUT2D eigenvalue weighted by atomic mass is 35.5. The third-order valence-electron chi connectivity index (χ3n) is 2.27. The Hall–Kier alpha value is -1.37. The Morgan fingerprint density at radius 2 is 2.28 bits per heavy atom. The molecule has 0 amide bonds. The van der Waals surface area contributed by atoms with Crippen LogP contribution in [0.5, 0.6) is 0 Å². The lowest BCUT2D eigenvalue weighted by molar-refractivity contribution is 0.0606. The van der Waals surface area contributed by atoms with E-state index in [1.54, 1.807) is 12.1 Å². The Morgan fingerprint density at radius 1 is 1.56 bits per heavy atom. The second-order valence-electron chi connectivity index (χ2n) is 3.44. The predicted octanol–water partition coefficient (Wildman–Crippen LogP) is 3.00. The third-order valence-corrected chi connectivity index (χ3v) is 4.01. The molecule has 0 bridgehead atoms. The summed E-state index contributed by atoms with van der Waals surface area (Å²) in [6.45, 7) is 0. The SMILES string of the molecule is COC(=O)c1sc2cc(NC(N)=S)ccc2c1Cl. The number of methoxy groups -OCH3 is 1. The number of halogens is 1. The normalized spacial score (nSPS) is 10.3. The van der Waals surface area contributed by atoms with Gasteiger partial charge in [0, 0.05) is 15.8 Å². The van der Waals surface area contributed by atoms with Gasteiger partial charge in [-0.2, -0.15) is 0 Å². The van der Waals surface area contributed by atoms with Crippen molar-refractivity contribution in [3.05, 3.63) is 28.1 Å². The molecule has 7 heteroatoms. The molecule has 0 unspecified atom stereocenters. The number of fused-ring (bicyclic) bond motifs is 1. The van der Waals surface area contributed by atoms with Crippen LogP contribution in [0.15, 0.2) is 18.2 Å². The molecule has 1 heterocycles. The molecular formula is C11H9ClN2O2S2. The van der Waals surface area contributed by atoms with E-state index in [1.807, 2.05) is 6.07 Å². The Labute approximate surface area is 118 Å². The van der Waals surface area contributed by atoms with Gasteiger partial charge in [0.15, 0.2) is 5.11 Å². The molecule has 0 fully saturated rings. The van der Waals surface area contributed by atoms with E-state index in [0.29, 0.717) is 9.90 Å². The Kier molecular flexibility index (Phi) is 3.70. The van der Waals surface area contributed by atoms with Crippen LogP contribution in [-0.2, 0) is 4.74 Å². The predicted molar refractivity (Wildman–Crippen MR) is 78.6 cm³/mol. The molecule has 94 valence electrons. The summed E-state index contributed by atoms with van der Waals surface area (Å²) >= 11 is 12.2. The zero-order valence-corrected chi connectivity index (χ0v) is 11.7. The number of rotatable bonds is 2. The Balaban J connectivity index is 2.51. The van der Waals surface area contributed by atoms with Crippen LogP contribution < -0.4 is 11.1 Å². The fraction of sp³-hybridized carbons (Fsp3) is 0.0909. The standard InChI is InChI=1S/C11H9ClN2O2S2/c1-16-10(15)9-8(12)6-3-2-5(14-11(13)17)4-7(6)18-9/h2-4H,1H3,(H3,13,14,17). The maximum Gasteiger partial charge on any atom is 0.349 e. The summed E-state index contributed by atoms with van der Waals surface area (Å²) < 4.78 is 5.53. The van der Waals surface area contributed by atoms with Crippen LogP contribution in [0.1, 0.15) is 9.67 Å². The van der Waals surface area contributed by atoms with E-state index < -0.39 is 5.97 Å². The fourth-order valence-corrected chi connectivity index (χ4v) is 3.09. The number of anilines is 1. The van der Waals surface area contributed by atoms with Crippen LogP contribution in [0.2, 0.25) is 5.02 Å². The van der Waals surface area contributed by atoms with Crippen molar-refractivity contribution >= 4 is 62.0 Å². The maximum absolute atomic E-state index is 11.5. The molecule has 0 radical (unpaired) electrons. The summed E-state index contributed by atoms with van der Waals surface area (Å²) in [7, 11) is 1.32. The van der Waals surface area contributed by atoms with Crippen molar-refractivity contribution in [1.29, 1.82) is 0 Å². The van der Waals surface area contributed by atoms with E-state index in [4.69, 9.17) is 29.6 Å². The molecule has 3 N–H and O–H groups in total. The van der Waals surface area contributed by atoms with Gasteiger partial charge in [0.1, 0.15) is 4.88 Å². The first-order valence-corrected chi connectivity index (χ1v) is 6.50. The summed E-state index contributed by atoms with van der Waals surface area (Å²) in [4.78, 5) is 11.9. The van der Waals surface area contributed by atoms with E-state index in [-0.39, 0.29) is 5.11 Å². The summed E-state index contributed by atoms with van der Waals surface area (Å²) in [5.74, 6) is -0.440. The second-order valence-corrected chi connectivity index (χ2v) is 5.31. The van der Waals surface area contributed by atoms with Crippen LogP contribution >= 0.6 is 35.2 Å². The first-order valence-electron chi connectivity index (χ1n) is 4.89. The minimum absolute atomic E-state index is 0.185. The molecule has 0 spiro atoms. The number of benzene rings is 1. The average Bonchev–Trinajstić information content (AvgIpc) is 2.65. The molecule has 4 nitrogen and oxygen atoms in total. The largest absolute Gasteiger partial charge is 0.465 e. The van der Waals surface area contributed by atoms with E-state index in [9.17, 15) is 4.79 Å². The smallest absolute Gasteiger partial charge is 0.349 e. The summed E-state index contributed by atoms with van der Waals surface area (Å²) in [6, 6.07) is 5.43. The molecule has 0 aliphatic carbocycles. The zero-order valence-electron chi connectivity index (χ0n) is 9.32. The van der Waals surface area contributed by atoms with Gasteiger partial charge in [-0.05, 0) is 30.4 Å². The number of thiophene rings is 1. The van der Waals surface area contributed by atoms with Gasteiger partial charge in [-0.1, -0.05) is 11.6 Å². The third kappa shape index (κ3) is 2.40. The summed E-state index contributed by atoms with van der Waals surface area (Å²) in [5.41, 5.74) is 6.15. The maximum atomic E-state index is 11.5. The van der Waals surface area contributed by atoms with Crippen molar-refractivity contribution in [2.75, 3.05) is 12.4 Å². The Morgan fingerprint density at radius 3 is 2.89 bits per heavy atom. The highest BCUT2D eigenvalue weighted by Gasteiger charge is 2.17. The Bertz CT molecular complexity index is 639. The minimum atomic E-state index is -0.440. The van der Waals surface area contributed by atoms with E-state index in [1.165, 1.54) is 18.4 Å². The molecule has 18 heavy (non-hydrogen) atoms. The number of carbonyl (C=O) groups is 1. The lowest BCUT2D eigenvalue weighted by Crippen LogP contribution is -2.18. The van der Waals surface area contributed by atoms with Gasteiger partial charge in [-0.25, -0.2) is 4.79 Å². The van der Waals surface area contributed by atoms with Crippen molar-refractivity contribution in [3.8, 4) is 0 Å². The number of nitrogens with two attached hydrogens (primary N) is 1. The van der Waals surface area contributed by atoms with Crippen LogP contribution in [-0.4, -0.2) is 18.2 Å². The van der Waals surface area contributed by atoms with Crippen molar-refractivity contribution in [3.63, 3.8) is 0 Å².